The summed E-state index contributed by atoms with van der Waals surface area (Å²) in [7, 11) is 0. The zero-order chi connectivity index (χ0) is 14.4. The number of nitrogens with one attached hydrogen (secondary N) is 1. The van der Waals surface area contributed by atoms with Gasteiger partial charge >= 0.3 is 0 Å². The number of hydrogen-bond acceptors (Lipinski definition) is 1. The maximum absolute atomic E-state index is 3.91. The fourth-order valence-corrected chi connectivity index (χ4v) is 6.58. The van der Waals surface area contributed by atoms with Gasteiger partial charge in [-0.15, -0.1) is 0 Å². The zero-order valence-corrected chi connectivity index (χ0v) is 14.2. The predicted molar refractivity (Wildman–Crippen MR) is 86.8 cm³/mol. The average molecular weight is 277 g/mol. The minimum absolute atomic E-state index is 0.656. The van der Waals surface area contributed by atoms with Crippen LogP contribution < -0.4 is 5.32 Å². The summed E-state index contributed by atoms with van der Waals surface area (Å²) in [5.74, 6) is 2.96. The average Bonchev–Trinajstić information content (AvgIpc) is 2.30. The molecule has 1 N–H and O–H groups in total. The van der Waals surface area contributed by atoms with E-state index in [0.717, 1.165) is 30.3 Å². The minimum atomic E-state index is 0.656. The molecule has 4 bridgehead atoms. The molecule has 3 unspecified atom stereocenters. The summed E-state index contributed by atoms with van der Waals surface area (Å²) in [5.41, 5.74) is 1.35. The zero-order valence-electron chi connectivity index (χ0n) is 14.2. The molecule has 0 heterocycles. The van der Waals surface area contributed by atoms with Gasteiger partial charge in [0.25, 0.3) is 0 Å². The van der Waals surface area contributed by atoms with Crippen molar-refractivity contribution in [1.29, 1.82) is 0 Å². The summed E-state index contributed by atoms with van der Waals surface area (Å²) >= 11 is 0. The molecule has 0 spiro atoms. The summed E-state index contributed by atoms with van der Waals surface area (Å²) in [6.45, 7) is 10.8. The van der Waals surface area contributed by atoms with Crippen LogP contribution in [0.25, 0.3) is 0 Å². The van der Waals surface area contributed by atoms with Crippen LogP contribution in [0.3, 0.4) is 0 Å². The SMILES string of the molecule is CCNC(CCC(C)C)C12CC3CC(CC(C)(C3)C1)C2. The van der Waals surface area contributed by atoms with Crippen molar-refractivity contribution < 1.29 is 0 Å². The van der Waals surface area contributed by atoms with Crippen LogP contribution >= 0.6 is 0 Å². The van der Waals surface area contributed by atoms with Crippen molar-refractivity contribution >= 4 is 0 Å². The molecule has 1 heteroatoms. The summed E-state index contributed by atoms with van der Waals surface area (Å²) in [6, 6.07) is 0.792. The third-order valence-electron chi connectivity index (χ3n) is 6.62. The molecule has 0 aromatic rings. The van der Waals surface area contributed by atoms with Crippen LogP contribution in [-0.4, -0.2) is 12.6 Å². The molecule has 0 aromatic carbocycles. The fourth-order valence-electron chi connectivity index (χ4n) is 6.58. The Morgan fingerprint density at radius 2 is 1.70 bits per heavy atom. The second-order valence-electron chi connectivity index (χ2n) is 9.22. The molecule has 4 fully saturated rings. The van der Waals surface area contributed by atoms with Crippen molar-refractivity contribution in [1.82, 2.24) is 5.32 Å². The first kappa shape index (κ1) is 14.9. The molecule has 20 heavy (non-hydrogen) atoms. The Kier molecular flexibility index (Phi) is 3.95. The van der Waals surface area contributed by atoms with Crippen molar-refractivity contribution in [2.45, 2.75) is 85.1 Å². The van der Waals surface area contributed by atoms with Gasteiger partial charge in [0.2, 0.25) is 0 Å². The molecule has 0 aromatic heterocycles. The minimum Gasteiger partial charge on any atom is -0.314 e. The summed E-state index contributed by atoms with van der Waals surface area (Å²) in [5, 5.41) is 3.91. The quantitative estimate of drug-likeness (QED) is 0.720. The first-order valence-electron chi connectivity index (χ1n) is 9.18. The number of hydrogen-bond donors (Lipinski definition) is 1. The van der Waals surface area contributed by atoms with E-state index in [1.807, 2.05) is 0 Å². The van der Waals surface area contributed by atoms with Crippen molar-refractivity contribution in [2.75, 3.05) is 6.54 Å². The third kappa shape index (κ3) is 2.67. The lowest BCUT2D eigenvalue weighted by atomic mass is 9.43. The molecule has 0 aliphatic heterocycles. The molecular formula is C19H35N. The first-order valence-corrected chi connectivity index (χ1v) is 9.18. The highest BCUT2D eigenvalue weighted by atomic mass is 14.9. The van der Waals surface area contributed by atoms with Crippen LogP contribution in [0.5, 0.6) is 0 Å². The predicted octanol–water partition coefficient (Wildman–Crippen LogP) is 5.01. The highest BCUT2D eigenvalue weighted by Gasteiger charge is 2.57. The second-order valence-corrected chi connectivity index (χ2v) is 9.22. The monoisotopic (exact) mass is 277 g/mol. The van der Waals surface area contributed by atoms with E-state index in [1.54, 1.807) is 6.42 Å². The normalized spacial score (nSPS) is 44.2. The van der Waals surface area contributed by atoms with E-state index in [2.05, 4.69) is 33.0 Å². The molecule has 0 amide bonds. The summed E-state index contributed by atoms with van der Waals surface area (Å²) < 4.78 is 0. The van der Waals surface area contributed by atoms with Crippen LogP contribution in [0.1, 0.15) is 79.1 Å². The Balaban J connectivity index is 1.78. The van der Waals surface area contributed by atoms with Gasteiger partial charge in [0.1, 0.15) is 0 Å². The fraction of sp³-hybridized carbons (Fsp3) is 1.00. The molecule has 4 aliphatic carbocycles. The van der Waals surface area contributed by atoms with Crippen LogP contribution in [0.4, 0.5) is 0 Å². The van der Waals surface area contributed by atoms with Gasteiger partial charge in [0.05, 0.1) is 0 Å². The van der Waals surface area contributed by atoms with Gasteiger partial charge in [0, 0.05) is 6.04 Å². The highest BCUT2D eigenvalue weighted by Crippen LogP contribution is 2.66. The Morgan fingerprint density at radius 1 is 1.05 bits per heavy atom. The molecular weight excluding hydrogens is 242 g/mol. The maximum atomic E-state index is 3.91. The topological polar surface area (TPSA) is 12.0 Å². The molecule has 3 atom stereocenters. The largest absolute Gasteiger partial charge is 0.314 e. The smallest absolute Gasteiger partial charge is 0.0124 e. The molecule has 1 nitrogen and oxygen atoms in total. The molecule has 116 valence electrons. The summed E-state index contributed by atoms with van der Waals surface area (Å²) in [4.78, 5) is 0. The molecule has 4 rings (SSSR count). The van der Waals surface area contributed by atoms with E-state index in [4.69, 9.17) is 0 Å². The van der Waals surface area contributed by atoms with Crippen molar-refractivity contribution in [3.8, 4) is 0 Å². The lowest BCUT2D eigenvalue weighted by Gasteiger charge is -2.63. The van der Waals surface area contributed by atoms with E-state index in [-0.39, 0.29) is 0 Å². The van der Waals surface area contributed by atoms with Crippen molar-refractivity contribution in [2.24, 2.45) is 28.6 Å². The molecule has 0 radical (unpaired) electrons. The molecule has 4 aliphatic rings. The Morgan fingerprint density at radius 3 is 2.20 bits per heavy atom. The van der Waals surface area contributed by atoms with Gasteiger partial charge in [-0.25, -0.2) is 0 Å². The van der Waals surface area contributed by atoms with Crippen LogP contribution in [0.2, 0.25) is 0 Å². The Bertz CT molecular complexity index is 332. The Labute approximate surface area is 126 Å². The molecule has 4 saturated carbocycles. The standard InChI is InChI=1S/C19H35N/c1-5-20-17(7-6-14(2)3)19-11-15-8-16(12-19)10-18(4,9-15)13-19/h14-17,20H,5-13H2,1-4H3. The van der Waals surface area contributed by atoms with Gasteiger partial charge in [-0.05, 0) is 86.5 Å². The van der Waals surface area contributed by atoms with Crippen LogP contribution in [0.15, 0.2) is 0 Å². The van der Waals surface area contributed by atoms with E-state index in [9.17, 15) is 0 Å². The second kappa shape index (κ2) is 5.30. The Hall–Kier alpha value is -0.0400. The van der Waals surface area contributed by atoms with Crippen molar-refractivity contribution in [3.05, 3.63) is 0 Å². The van der Waals surface area contributed by atoms with Crippen molar-refractivity contribution in [3.63, 3.8) is 0 Å². The van der Waals surface area contributed by atoms with E-state index in [0.29, 0.717) is 10.8 Å². The summed E-state index contributed by atoms with van der Waals surface area (Å²) in [6.07, 6.45) is 12.0. The van der Waals surface area contributed by atoms with E-state index < -0.39 is 0 Å². The molecule has 0 saturated heterocycles. The van der Waals surface area contributed by atoms with Crippen LogP contribution in [-0.2, 0) is 0 Å². The third-order valence-corrected chi connectivity index (χ3v) is 6.62. The lowest BCUT2D eigenvalue weighted by molar-refractivity contribution is -0.119. The highest BCUT2D eigenvalue weighted by molar-refractivity contribution is 5.09. The van der Waals surface area contributed by atoms with Crippen LogP contribution in [0, 0.1) is 28.6 Å². The van der Waals surface area contributed by atoms with Gasteiger partial charge in [0.15, 0.2) is 0 Å². The van der Waals surface area contributed by atoms with Gasteiger partial charge < -0.3 is 5.32 Å². The maximum Gasteiger partial charge on any atom is 0.0124 e. The van der Waals surface area contributed by atoms with E-state index in [1.165, 1.54) is 44.9 Å². The lowest BCUT2D eigenvalue weighted by Crippen LogP contribution is -2.58. The number of rotatable bonds is 6. The van der Waals surface area contributed by atoms with Gasteiger partial charge in [-0.2, -0.15) is 0 Å². The van der Waals surface area contributed by atoms with Gasteiger partial charge in [-0.3, -0.25) is 0 Å². The van der Waals surface area contributed by atoms with Gasteiger partial charge in [-0.1, -0.05) is 27.7 Å². The van der Waals surface area contributed by atoms with E-state index >= 15 is 0 Å². The first-order chi connectivity index (χ1) is 9.45.